The maximum Gasteiger partial charge on any atom is 0.338 e. The SMILES string of the molecule is O=C1C[C@@H]2[C@@H](C=C[C@@H](O)CCc3ccccc3)[C@H](OC(=O)c3ccc(-c4ccccc4)cc3)C[C@@H]2O1. The lowest BCUT2D eigenvalue weighted by Crippen LogP contribution is -2.25. The van der Waals surface area contributed by atoms with Crippen LogP contribution in [-0.4, -0.2) is 35.4 Å². The van der Waals surface area contributed by atoms with Crippen LogP contribution in [0.1, 0.15) is 35.2 Å². The second-order valence-corrected chi connectivity index (χ2v) is 9.57. The number of aryl methyl sites for hydroxylation is 1. The van der Waals surface area contributed by atoms with Crippen LogP contribution in [0.5, 0.6) is 0 Å². The molecule has 5 rings (SSSR count). The van der Waals surface area contributed by atoms with Crippen LogP contribution >= 0.6 is 0 Å². The second-order valence-electron chi connectivity index (χ2n) is 9.57. The van der Waals surface area contributed by atoms with Crippen LogP contribution in [0.15, 0.2) is 97.1 Å². The fourth-order valence-electron chi connectivity index (χ4n) is 5.24. The van der Waals surface area contributed by atoms with Gasteiger partial charge in [-0.2, -0.15) is 0 Å². The van der Waals surface area contributed by atoms with E-state index in [0.29, 0.717) is 24.8 Å². The van der Waals surface area contributed by atoms with E-state index in [1.165, 1.54) is 5.56 Å². The smallest absolute Gasteiger partial charge is 0.338 e. The molecule has 0 amide bonds. The molecule has 1 saturated heterocycles. The topological polar surface area (TPSA) is 72.8 Å². The third-order valence-electron chi connectivity index (χ3n) is 7.16. The quantitative estimate of drug-likeness (QED) is 0.345. The summed E-state index contributed by atoms with van der Waals surface area (Å²) in [5, 5.41) is 10.5. The molecule has 0 radical (unpaired) electrons. The summed E-state index contributed by atoms with van der Waals surface area (Å²) in [5.41, 5.74) is 3.76. The summed E-state index contributed by atoms with van der Waals surface area (Å²) in [5.74, 6) is -0.836. The number of carbonyl (C=O) groups is 2. The van der Waals surface area contributed by atoms with Gasteiger partial charge < -0.3 is 14.6 Å². The van der Waals surface area contributed by atoms with Gasteiger partial charge in [-0.3, -0.25) is 4.79 Å². The third-order valence-corrected chi connectivity index (χ3v) is 7.16. The minimum Gasteiger partial charge on any atom is -0.462 e. The minimum absolute atomic E-state index is 0.0478. The molecule has 1 N–H and O–H groups in total. The first-order valence-electron chi connectivity index (χ1n) is 12.5. The standard InChI is InChI=1S/C31H30O5/c32-25(16-11-21-7-3-1-4-8-21)17-18-26-27-19-30(33)35-29(27)20-28(26)36-31(34)24-14-12-23(13-15-24)22-9-5-2-6-10-22/h1-10,12-15,17-18,25-29,32H,11,16,19-20H2/t25-,26+,27+,28+,29-/m0/s1. The molecular formula is C31H30O5. The fraction of sp³-hybridized carbons (Fsp3) is 0.290. The van der Waals surface area contributed by atoms with E-state index in [1.54, 1.807) is 18.2 Å². The Balaban J connectivity index is 1.24. The molecule has 3 aromatic rings. The van der Waals surface area contributed by atoms with Crippen molar-refractivity contribution < 1.29 is 24.2 Å². The molecule has 1 heterocycles. The van der Waals surface area contributed by atoms with Crippen molar-refractivity contribution in [3.63, 3.8) is 0 Å². The van der Waals surface area contributed by atoms with Gasteiger partial charge in [0, 0.05) is 18.3 Å². The zero-order chi connectivity index (χ0) is 24.9. The van der Waals surface area contributed by atoms with Crippen molar-refractivity contribution in [3.05, 3.63) is 108 Å². The molecule has 2 aliphatic rings. The predicted molar refractivity (Wildman–Crippen MR) is 137 cm³/mol. The first-order chi connectivity index (χ1) is 17.6. The van der Waals surface area contributed by atoms with Crippen molar-refractivity contribution in [2.24, 2.45) is 11.8 Å². The van der Waals surface area contributed by atoms with E-state index in [2.05, 4.69) is 0 Å². The molecular weight excluding hydrogens is 452 g/mol. The van der Waals surface area contributed by atoms with Gasteiger partial charge in [0.2, 0.25) is 0 Å². The lowest BCUT2D eigenvalue weighted by Gasteiger charge is -2.20. The Morgan fingerprint density at radius 2 is 1.64 bits per heavy atom. The van der Waals surface area contributed by atoms with E-state index in [-0.39, 0.29) is 23.9 Å². The average molecular weight is 483 g/mol. The number of aliphatic hydroxyl groups is 1. The van der Waals surface area contributed by atoms with Crippen molar-refractivity contribution >= 4 is 11.9 Å². The number of aliphatic hydroxyl groups excluding tert-OH is 1. The highest BCUT2D eigenvalue weighted by atomic mass is 16.6. The summed E-state index contributed by atoms with van der Waals surface area (Å²) >= 11 is 0. The van der Waals surface area contributed by atoms with Gasteiger partial charge in [0.05, 0.1) is 18.1 Å². The fourth-order valence-corrected chi connectivity index (χ4v) is 5.24. The van der Waals surface area contributed by atoms with Gasteiger partial charge >= 0.3 is 11.9 Å². The molecule has 184 valence electrons. The Hall–Kier alpha value is -3.70. The highest BCUT2D eigenvalue weighted by Crippen LogP contribution is 2.43. The molecule has 1 aliphatic carbocycles. The Kier molecular flexibility index (Phi) is 7.28. The van der Waals surface area contributed by atoms with E-state index in [1.807, 2.05) is 78.9 Å². The lowest BCUT2D eigenvalue weighted by atomic mass is 9.91. The molecule has 5 nitrogen and oxygen atoms in total. The van der Waals surface area contributed by atoms with Crippen LogP contribution in [0.4, 0.5) is 0 Å². The molecule has 1 saturated carbocycles. The van der Waals surface area contributed by atoms with Gasteiger partial charge in [0.15, 0.2) is 0 Å². The van der Waals surface area contributed by atoms with Crippen LogP contribution in [0.25, 0.3) is 11.1 Å². The summed E-state index contributed by atoms with van der Waals surface area (Å²) in [6.45, 7) is 0. The zero-order valence-corrected chi connectivity index (χ0v) is 20.0. The van der Waals surface area contributed by atoms with E-state index in [9.17, 15) is 14.7 Å². The highest BCUT2D eigenvalue weighted by Gasteiger charge is 2.50. The Bertz CT molecular complexity index is 1200. The summed E-state index contributed by atoms with van der Waals surface area (Å²) in [4.78, 5) is 24.9. The normalized spacial score (nSPS) is 23.9. The number of esters is 2. The zero-order valence-electron chi connectivity index (χ0n) is 20.0. The Morgan fingerprint density at radius 3 is 2.36 bits per heavy atom. The maximum absolute atomic E-state index is 13.0. The highest BCUT2D eigenvalue weighted by molar-refractivity contribution is 5.90. The van der Waals surface area contributed by atoms with Crippen LogP contribution in [0.2, 0.25) is 0 Å². The molecule has 3 aromatic carbocycles. The molecule has 2 fully saturated rings. The average Bonchev–Trinajstić information content (AvgIpc) is 3.42. The number of hydrogen-bond acceptors (Lipinski definition) is 5. The van der Waals surface area contributed by atoms with Crippen LogP contribution < -0.4 is 0 Å². The summed E-state index contributed by atoms with van der Waals surface area (Å²) in [6, 6.07) is 27.4. The number of hydrogen-bond donors (Lipinski definition) is 1. The lowest BCUT2D eigenvalue weighted by molar-refractivity contribution is -0.141. The van der Waals surface area contributed by atoms with Gasteiger partial charge in [-0.25, -0.2) is 4.79 Å². The number of ether oxygens (including phenoxy) is 2. The van der Waals surface area contributed by atoms with E-state index >= 15 is 0 Å². The van der Waals surface area contributed by atoms with Crippen molar-refractivity contribution in [3.8, 4) is 11.1 Å². The van der Waals surface area contributed by atoms with Gasteiger partial charge in [-0.1, -0.05) is 84.9 Å². The van der Waals surface area contributed by atoms with Gasteiger partial charge in [0.1, 0.15) is 12.2 Å². The Morgan fingerprint density at radius 1 is 0.972 bits per heavy atom. The Labute approximate surface area is 211 Å². The molecule has 0 bridgehead atoms. The minimum atomic E-state index is -0.621. The van der Waals surface area contributed by atoms with Gasteiger partial charge in [-0.05, 0) is 41.7 Å². The second kappa shape index (κ2) is 10.9. The van der Waals surface area contributed by atoms with Gasteiger partial charge in [-0.15, -0.1) is 0 Å². The van der Waals surface area contributed by atoms with Crippen molar-refractivity contribution in [1.29, 1.82) is 0 Å². The van der Waals surface area contributed by atoms with Crippen LogP contribution in [0.3, 0.4) is 0 Å². The molecule has 5 heteroatoms. The number of fused-ring (bicyclic) bond motifs is 1. The summed E-state index contributed by atoms with van der Waals surface area (Å²) in [7, 11) is 0. The van der Waals surface area contributed by atoms with Crippen molar-refractivity contribution in [2.45, 2.75) is 44.0 Å². The maximum atomic E-state index is 13.0. The molecule has 0 spiro atoms. The van der Waals surface area contributed by atoms with E-state index in [4.69, 9.17) is 9.47 Å². The number of benzene rings is 3. The molecule has 0 unspecified atom stereocenters. The molecule has 0 aromatic heterocycles. The number of carbonyl (C=O) groups excluding carboxylic acids is 2. The first kappa shape index (κ1) is 24.0. The van der Waals surface area contributed by atoms with Crippen molar-refractivity contribution in [2.75, 3.05) is 0 Å². The largest absolute Gasteiger partial charge is 0.462 e. The molecule has 36 heavy (non-hydrogen) atoms. The number of rotatable bonds is 8. The summed E-state index contributed by atoms with van der Waals surface area (Å²) < 4.78 is 11.4. The molecule has 5 atom stereocenters. The summed E-state index contributed by atoms with van der Waals surface area (Å²) in [6.07, 6.45) is 4.53. The predicted octanol–water partition coefficient (Wildman–Crippen LogP) is 5.38. The molecule has 1 aliphatic heterocycles. The van der Waals surface area contributed by atoms with Gasteiger partial charge in [0.25, 0.3) is 0 Å². The monoisotopic (exact) mass is 482 g/mol. The van der Waals surface area contributed by atoms with E-state index < -0.39 is 18.2 Å². The van der Waals surface area contributed by atoms with Crippen molar-refractivity contribution in [1.82, 2.24) is 0 Å². The van der Waals surface area contributed by atoms with Crippen LogP contribution in [-0.2, 0) is 20.7 Å². The first-order valence-corrected chi connectivity index (χ1v) is 12.5. The third kappa shape index (κ3) is 5.58. The van der Waals surface area contributed by atoms with E-state index in [0.717, 1.165) is 17.5 Å². The van der Waals surface area contributed by atoms with Crippen LogP contribution in [0, 0.1) is 11.8 Å².